The fraction of sp³-hybridized carbons (Fsp3) is 0.100. The van der Waals surface area contributed by atoms with E-state index >= 15 is 0 Å². The molecule has 7 heteroatoms. The monoisotopic (exact) mass is 360 g/mol. The van der Waals surface area contributed by atoms with E-state index in [0.29, 0.717) is 33.8 Å². The molecule has 132 valence electrons. The maximum absolute atomic E-state index is 12.8. The number of nitriles is 1. The molecule has 7 nitrogen and oxygen atoms in total. The van der Waals surface area contributed by atoms with Gasteiger partial charge in [0.05, 0.1) is 16.9 Å². The number of nitrogens with two attached hydrogens (primary N) is 1. The molecule has 0 amide bonds. The summed E-state index contributed by atoms with van der Waals surface area (Å²) in [6.45, 7) is 0.124. The van der Waals surface area contributed by atoms with Gasteiger partial charge in [-0.2, -0.15) is 5.26 Å². The van der Waals surface area contributed by atoms with Crippen LogP contribution in [0.15, 0.2) is 63.1 Å². The summed E-state index contributed by atoms with van der Waals surface area (Å²) in [5.41, 5.74) is 6.88. The average molecular weight is 360 g/mol. The molecule has 2 aliphatic rings. The van der Waals surface area contributed by atoms with Gasteiger partial charge in [0.1, 0.15) is 17.2 Å². The minimum atomic E-state index is -0.728. The summed E-state index contributed by atoms with van der Waals surface area (Å²) in [5.74, 6) is 0.687. The second-order valence-corrected chi connectivity index (χ2v) is 6.17. The summed E-state index contributed by atoms with van der Waals surface area (Å²) < 4.78 is 21.9. The second-order valence-electron chi connectivity index (χ2n) is 6.17. The molecule has 5 rings (SSSR count). The summed E-state index contributed by atoms with van der Waals surface area (Å²) in [4.78, 5) is 12.8. The highest BCUT2D eigenvalue weighted by atomic mass is 16.7. The highest BCUT2D eigenvalue weighted by Gasteiger charge is 2.36. The van der Waals surface area contributed by atoms with E-state index in [4.69, 9.17) is 24.4 Å². The first-order valence-electron chi connectivity index (χ1n) is 8.20. The van der Waals surface area contributed by atoms with Gasteiger partial charge in [0, 0.05) is 0 Å². The number of hydrogen-bond donors (Lipinski definition) is 1. The van der Waals surface area contributed by atoms with E-state index in [2.05, 4.69) is 6.07 Å². The zero-order valence-corrected chi connectivity index (χ0v) is 13.9. The lowest BCUT2D eigenvalue weighted by atomic mass is 9.83. The van der Waals surface area contributed by atoms with E-state index in [1.54, 1.807) is 42.5 Å². The lowest BCUT2D eigenvalue weighted by molar-refractivity contribution is 0.174. The zero-order chi connectivity index (χ0) is 18.5. The van der Waals surface area contributed by atoms with Crippen LogP contribution in [0.1, 0.15) is 17.0 Å². The minimum Gasteiger partial charge on any atom is -0.454 e. The number of allylic oxidation sites excluding steroid dienone is 1. The summed E-state index contributed by atoms with van der Waals surface area (Å²) in [6, 6.07) is 14.3. The number of ether oxygens (including phenoxy) is 3. The van der Waals surface area contributed by atoms with Gasteiger partial charge in [-0.1, -0.05) is 18.2 Å². The Labute approximate surface area is 152 Å². The van der Waals surface area contributed by atoms with E-state index in [1.807, 2.05) is 0 Å². The van der Waals surface area contributed by atoms with Crippen LogP contribution in [0.5, 0.6) is 17.2 Å². The predicted octanol–water partition coefficient (Wildman–Crippen LogP) is 2.74. The van der Waals surface area contributed by atoms with Crippen LogP contribution >= 0.6 is 0 Å². The number of hydrogen-bond acceptors (Lipinski definition) is 7. The van der Waals surface area contributed by atoms with Gasteiger partial charge in [-0.05, 0) is 29.8 Å². The first-order valence-corrected chi connectivity index (χ1v) is 8.20. The normalized spacial score (nSPS) is 17.4. The van der Waals surface area contributed by atoms with Gasteiger partial charge < -0.3 is 24.4 Å². The SMILES string of the molecule is N#CC1=C(N)Oc2c(c(=O)oc3ccccc23)C1c1ccc2c(c1)OCO2. The number of para-hydroxylation sites is 1. The fourth-order valence-electron chi connectivity index (χ4n) is 3.49. The van der Waals surface area contributed by atoms with Crippen LogP contribution in [0, 0.1) is 11.3 Å². The standard InChI is InChI=1S/C20H12N2O5/c21-8-12-16(10-5-6-14-15(7-10)25-9-24-14)17-18(27-19(12)22)11-3-1-2-4-13(11)26-20(17)23/h1-7,16H,9,22H2. The Morgan fingerprint density at radius 2 is 1.93 bits per heavy atom. The van der Waals surface area contributed by atoms with Gasteiger partial charge in [0.25, 0.3) is 0 Å². The minimum absolute atomic E-state index is 0.0385. The maximum atomic E-state index is 12.8. The third kappa shape index (κ3) is 2.17. The molecule has 1 unspecified atom stereocenters. The van der Waals surface area contributed by atoms with Gasteiger partial charge in [-0.25, -0.2) is 4.79 Å². The Hall–Kier alpha value is -3.92. The molecule has 0 spiro atoms. The third-order valence-corrected chi connectivity index (χ3v) is 4.70. The highest BCUT2D eigenvalue weighted by Crippen LogP contribution is 2.45. The molecule has 27 heavy (non-hydrogen) atoms. The first kappa shape index (κ1) is 15.3. The summed E-state index contributed by atoms with van der Waals surface area (Å²) in [6.07, 6.45) is 0. The molecule has 2 aromatic carbocycles. The average Bonchev–Trinajstić information content (AvgIpc) is 3.15. The third-order valence-electron chi connectivity index (χ3n) is 4.70. The van der Waals surface area contributed by atoms with Crippen LogP contribution in [0.25, 0.3) is 11.0 Å². The smallest absolute Gasteiger partial charge is 0.344 e. The molecular weight excluding hydrogens is 348 g/mol. The number of fused-ring (bicyclic) bond motifs is 4. The van der Waals surface area contributed by atoms with E-state index in [1.165, 1.54) is 0 Å². The number of rotatable bonds is 1. The van der Waals surface area contributed by atoms with Gasteiger partial charge in [0.15, 0.2) is 17.2 Å². The highest BCUT2D eigenvalue weighted by molar-refractivity contribution is 5.86. The van der Waals surface area contributed by atoms with Crippen LogP contribution in [0.2, 0.25) is 0 Å². The summed E-state index contributed by atoms with van der Waals surface area (Å²) in [7, 11) is 0. The summed E-state index contributed by atoms with van der Waals surface area (Å²) in [5, 5.41) is 10.3. The van der Waals surface area contributed by atoms with E-state index in [-0.39, 0.29) is 23.8 Å². The fourth-order valence-corrected chi connectivity index (χ4v) is 3.49. The van der Waals surface area contributed by atoms with Crippen LogP contribution in [-0.2, 0) is 0 Å². The Balaban J connectivity index is 1.82. The lowest BCUT2D eigenvalue weighted by Gasteiger charge is -2.26. The predicted molar refractivity (Wildman–Crippen MR) is 94.3 cm³/mol. The quantitative estimate of drug-likeness (QED) is 0.665. The second kappa shape index (κ2) is 5.54. The van der Waals surface area contributed by atoms with Crippen molar-refractivity contribution in [3.05, 3.63) is 75.5 Å². The molecule has 3 aromatic rings. The van der Waals surface area contributed by atoms with Crippen molar-refractivity contribution < 1.29 is 18.6 Å². The van der Waals surface area contributed by atoms with Crippen molar-refractivity contribution in [2.24, 2.45) is 5.73 Å². The maximum Gasteiger partial charge on any atom is 0.344 e. The molecule has 0 aliphatic carbocycles. The molecule has 1 atom stereocenters. The Bertz CT molecular complexity index is 1240. The van der Waals surface area contributed by atoms with Gasteiger partial charge in [0.2, 0.25) is 12.7 Å². The van der Waals surface area contributed by atoms with Gasteiger partial charge in [-0.3, -0.25) is 0 Å². The molecule has 2 N–H and O–H groups in total. The summed E-state index contributed by atoms with van der Waals surface area (Å²) >= 11 is 0. The van der Waals surface area contributed by atoms with Crippen molar-refractivity contribution in [1.29, 1.82) is 5.26 Å². The largest absolute Gasteiger partial charge is 0.454 e. The number of nitrogens with zero attached hydrogens (tertiary/aromatic N) is 1. The van der Waals surface area contributed by atoms with Gasteiger partial charge >= 0.3 is 5.63 Å². The molecule has 0 saturated carbocycles. The Morgan fingerprint density at radius 1 is 1.11 bits per heavy atom. The van der Waals surface area contributed by atoms with Crippen molar-refractivity contribution in [1.82, 2.24) is 0 Å². The first-order chi connectivity index (χ1) is 13.2. The van der Waals surface area contributed by atoms with Crippen LogP contribution in [-0.4, -0.2) is 6.79 Å². The molecule has 0 fully saturated rings. The lowest BCUT2D eigenvalue weighted by Crippen LogP contribution is -2.26. The topological polar surface area (TPSA) is 108 Å². The van der Waals surface area contributed by atoms with E-state index < -0.39 is 11.5 Å². The zero-order valence-electron chi connectivity index (χ0n) is 13.9. The van der Waals surface area contributed by atoms with Crippen molar-refractivity contribution in [2.45, 2.75) is 5.92 Å². The van der Waals surface area contributed by atoms with E-state index in [0.717, 1.165) is 0 Å². The molecule has 0 saturated heterocycles. The van der Waals surface area contributed by atoms with Crippen molar-refractivity contribution >= 4 is 11.0 Å². The molecular formula is C20H12N2O5. The molecule has 0 radical (unpaired) electrons. The van der Waals surface area contributed by atoms with Crippen LogP contribution in [0.4, 0.5) is 0 Å². The Kier molecular flexibility index (Phi) is 3.15. The van der Waals surface area contributed by atoms with Gasteiger partial charge in [-0.15, -0.1) is 0 Å². The van der Waals surface area contributed by atoms with Crippen molar-refractivity contribution in [3.63, 3.8) is 0 Å². The molecule has 1 aromatic heterocycles. The number of benzene rings is 2. The molecule has 0 bridgehead atoms. The van der Waals surface area contributed by atoms with Crippen molar-refractivity contribution in [2.75, 3.05) is 6.79 Å². The van der Waals surface area contributed by atoms with Crippen LogP contribution < -0.4 is 25.6 Å². The van der Waals surface area contributed by atoms with Crippen molar-refractivity contribution in [3.8, 4) is 23.3 Å². The van der Waals surface area contributed by atoms with Crippen LogP contribution in [0.3, 0.4) is 0 Å². The molecule has 2 aliphatic heterocycles. The molecule has 3 heterocycles. The van der Waals surface area contributed by atoms with E-state index in [9.17, 15) is 10.1 Å². The Morgan fingerprint density at radius 3 is 2.78 bits per heavy atom.